The molecule has 23 heavy (non-hydrogen) atoms. The zero-order chi connectivity index (χ0) is 16.8. The highest BCUT2D eigenvalue weighted by atomic mass is 16.5. The lowest BCUT2D eigenvalue weighted by atomic mass is 9.82. The predicted octanol–water partition coefficient (Wildman–Crippen LogP) is 2.57. The quantitative estimate of drug-likeness (QED) is 0.510. The third-order valence-electron chi connectivity index (χ3n) is 3.84. The molecular weight excluding hydrogens is 300 g/mol. The Hall–Kier alpha value is -2.63. The first-order chi connectivity index (χ1) is 11.0. The zero-order valence-electron chi connectivity index (χ0n) is 12.6. The summed E-state index contributed by atoms with van der Waals surface area (Å²) < 4.78 is 10.2. The van der Waals surface area contributed by atoms with Crippen LogP contribution in [-0.4, -0.2) is 23.0 Å². The normalized spacial score (nSPS) is 20.3. The van der Waals surface area contributed by atoms with Crippen LogP contribution in [0.1, 0.15) is 25.7 Å². The van der Waals surface area contributed by atoms with Gasteiger partial charge in [-0.1, -0.05) is 6.58 Å². The first-order valence-corrected chi connectivity index (χ1v) is 7.38. The van der Waals surface area contributed by atoms with E-state index in [1.165, 1.54) is 24.3 Å². The van der Waals surface area contributed by atoms with Gasteiger partial charge in [0.15, 0.2) is 0 Å². The molecule has 1 aromatic carbocycles. The Kier molecular flexibility index (Phi) is 5.51. The minimum Gasteiger partial charge on any atom is -0.481 e. The van der Waals surface area contributed by atoms with Gasteiger partial charge in [0.25, 0.3) is 0 Å². The van der Waals surface area contributed by atoms with Crippen LogP contribution in [0.4, 0.5) is 0 Å². The maximum absolute atomic E-state index is 12.1. The van der Waals surface area contributed by atoms with Gasteiger partial charge in [-0.3, -0.25) is 9.59 Å². The summed E-state index contributed by atoms with van der Waals surface area (Å²) in [7, 11) is 0. The lowest BCUT2D eigenvalue weighted by molar-refractivity contribution is -0.146. The van der Waals surface area contributed by atoms with E-state index in [0.717, 1.165) is 6.08 Å². The second-order valence-electron chi connectivity index (χ2n) is 5.40. The van der Waals surface area contributed by atoms with Gasteiger partial charge in [0.2, 0.25) is 0 Å². The number of carbonyl (C=O) groups is 3. The van der Waals surface area contributed by atoms with E-state index in [4.69, 9.17) is 14.6 Å². The second kappa shape index (κ2) is 7.58. The molecule has 0 aliphatic heterocycles. The highest BCUT2D eigenvalue weighted by Crippen LogP contribution is 2.30. The molecule has 0 aromatic heterocycles. The van der Waals surface area contributed by atoms with Crippen molar-refractivity contribution in [2.45, 2.75) is 25.7 Å². The SMILES string of the molecule is C=CC(=O)Oc1ccc(OC(=O)[C@H]2CC[C@H](C(=O)O)CC2)cc1. The minimum absolute atomic E-state index is 0.274. The number of hydrogen-bond donors (Lipinski definition) is 1. The Morgan fingerprint density at radius 2 is 1.43 bits per heavy atom. The van der Waals surface area contributed by atoms with E-state index in [9.17, 15) is 14.4 Å². The average molecular weight is 318 g/mol. The number of carboxylic acids is 1. The molecule has 0 spiro atoms. The molecule has 122 valence electrons. The standard InChI is InChI=1S/C17H18O6/c1-2-15(18)22-13-7-9-14(10-8-13)23-17(21)12-5-3-11(4-6-12)16(19)20/h2,7-12H,1,3-6H2,(H,19,20)/t11-,12-. The molecule has 0 heterocycles. The molecule has 0 radical (unpaired) electrons. The van der Waals surface area contributed by atoms with Crippen LogP contribution in [0.25, 0.3) is 0 Å². The molecule has 6 heteroatoms. The summed E-state index contributed by atoms with van der Waals surface area (Å²) in [6.45, 7) is 3.30. The number of carboxylic acid groups (broad SMARTS) is 1. The van der Waals surface area contributed by atoms with Gasteiger partial charge in [0.1, 0.15) is 11.5 Å². The van der Waals surface area contributed by atoms with Gasteiger partial charge in [-0.2, -0.15) is 0 Å². The van der Waals surface area contributed by atoms with Crippen molar-refractivity contribution in [1.29, 1.82) is 0 Å². The molecule has 0 saturated heterocycles. The molecular formula is C17H18O6. The van der Waals surface area contributed by atoms with E-state index in [0.29, 0.717) is 37.2 Å². The van der Waals surface area contributed by atoms with E-state index < -0.39 is 11.9 Å². The number of ether oxygens (including phenoxy) is 2. The largest absolute Gasteiger partial charge is 0.481 e. The maximum Gasteiger partial charge on any atom is 0.335 e. The molecule has 0 bridgehead atoms. The van der Waals surface area contributed by atoms with E-state index in [1.54, 1.807) is 0 Å². The van der Waals surface area contributed by atoms with Crippen LogP contribution in [0.15, 0.2) is 36.9 Å². The lowest BCUT2D eigenvalue weighted by Gasteiger charge is -2.24. The van der Waals surface area contributed by atoms with E-state index >= 15 is 0 Å². The number of hydrogen-bond acceptors (Lipinski definition) is 5. The summed E-state index contributed by atoms with van der Waals surface area (Å²) in [6, 6.07) is 6.11. The number of esters is 2. The lowest BCUT2D eigenvalue weighted by Crippen LogP contribution is -2.28. The first-order valence-electron chi connectivity index (χ1n) is 7.38. The van der Waals surface area contributed by atoms with Crippen molar-refractivity contribution in [3.05, 3.63) is 36.9 Å². The molecule has 1 aliphatic rings. The second-order valence-corrected chi connectivity index (χ2v) is 5.40. The third kappa shape index (κ3) is 4.67. The molecule has 0 atom stereocenters. The maximum atomic E-state index is 12.1. The van der Waals surface area contributed by atoms with Crippen LogP contribution in [0.3, 0.4) is 0 Å². The van der Waals surface area contributed by atoms with Gasteiger partial charge in [0, 0.05) is 6.08 Å². The molecule has 0 unspecified atom stereocenters. The van der Waals surface area contributed by atoms with Gasteiger partial charge in [-0.25, -0.2) is 4.79 Å². The topological polar surface area (TPSA) is 89.9 Å². The van der Waals surface area contributed by atoms with Crippen molar-refractivity contribution in [3.63, 3.8) is 0 Å². The number of rotatable bonds is 5. The van der Waals surface area contributed by atoms with Gasteiger partial charge in [-0.05, 0) is 49.9 Å². The van der Waals surface area contributed by atoms with Crippen molar-refractivity contribution in [2.75, 3.05) is 0 Å². The first kappa shape index (κ1) is 16.7. The number of carbonyl (C=O) groups excluding carboxylic acids is 2. The summed E-state index contributed by atoms with van der Waals surface area (Å²) in [5.41, 5.74) is 0. The fourth-order valence-electron chi connectivity index (χ4n) is 2.51. The smallest absolute Gasteiger partial charge is 0.335 e. The fourth-order valence-corrected chi connectivity index (χ4v) is 2.51. The van der Waals surface area contributed by atoms with Crippen LogP contribution in [0.5, 0.6) is 11.5 Å². The molecule has 1 saturated carbocycles. The Labute approximate surface area is 133 Å². The number of benzene rings is 1. The highest BCUT2D eigenvalue weighted by Gasteiger charge is 2.30. The van der Waals surface area contributed by atoms with Crippen LogP contribution >= 0.6 is 0 Å². The zero-order valence-corrected chi connectivity index (χ0v) is 12.6. The Bertz CT molecular complexity index is 596. The van der Waals surface area contributed by atoms with Crippen molar-refractivity contribution in [3.8, 4) is 11.5 Å². The Morgan fingerprint density at radius 3 is 1.91 bits per heavy atom. The Morgan fingerprint density at radius 1 is 0.957 bits per heavy atom. The van der Waals surface area contributed by atoms with Crippen molar-refractivity contribution >= 4 is 17.9 Å². The minimum atomic E-state index is -0.804. The molecule has 2 rings (SSSR count). The van der Waals surface area contributed by atoms with Crippen LogP contribution in [-0.2, 0) is 14.4 Å². The molecule has 1 aromatic rings. The van der Waals surface area contributed by atoms with Gasteiger partial charge in [0.05, 0.1) is 11.8 Å². The van der Waals surface area contributed by atoms with E-state index in [1.807, 2.05) is 0 Å². The molecule has 1 aliphatic carbocycles. The van der Waals surface area contributed by atoms with E-state index in [2.05, 4.69) is 6.58 Å². The van der Waals surface area contributed by atoms with Crippen molar-refractivity contribution in [1.82, 2.24) is 0 Å². The number of aliphatic carboxylic acids is 1. The summed E-state index contributed by atoms with van der Waals surface area (Å²) in [4.78, 5) is 34.0. The van der Waals surface area contributed by atoms with Crippen molar-refractivity contribution < 1.29 is 29.0 Å². The Balaban J connectivity index is 1.87. The summed E-state index contributed by atoms with van der Waals surface area (Å²) >= 11 is 0. The summed E-state index contributed by atoms with van der Waals surface area (Å²) in [5.74, 6) is -1.68. The molecule has 6 nitrogen and oxygen atoms in total. The highest BCUT2D eigenvalue weighted by molar-refractivity contribution is 5.83. The van der Waals surface area contributed by atoms with Gasteiger partial charge < -0.3 is 14.6 Å². The van der Waals surface area contributed by atoms with Crippen LogP contribution in [0, 0.1) is 11.8 Å². The summed E-state index contributed by atoms with van der Waals surface area (Å²) in [6.07, 6.45) is 3.08. The van der Waals surface area contributed by atoms with Crippen molar-refractivity contribution in [2.24, 2.45) is 11.8 Å². The van der Waals surface area contributed by atoms with Gasteiger partial charge in [-0.15, -0.1) is 0 Å². The van der Waals surface area contributed by atoms with Gasteiger partial charge >= 0.3 is 17.9 Å². The molecule has 0 amide bonds. The average Bonchev–Trinajstić information content (AvgIpc) is 2.56. The van der Waals surface area contributed by atoms with E-state index in [-0.39, 0.29) is 17.8 Å². The van der Waals surface area contributed by atoms with Crippen LogP contribution in [0.2, 0.25) is 0 Å². The predicted molar refractivity (Wildman–Crippen MR) is 81.0 cm³/mol. The third-order valence-corrected chi connectivity index (χ3v) is 3.84. The molecule has 1 fully saturated rings. The van der Waals surface area contributed by atoms with Crippen LogP contribution < -0.4 is 9.47 Å². The fraction of sp³-hybridized carbons (Fsp3) is 0.353. The summed E-state index contributed by atoms with van der Waals surface area (Å²) in [5, 5.41) is 8.95. The molecule has 1 N–H and O–H groups in total. The monoisotopic (exact) mass is 318 g/mol.